The van der Waals surface area contributed by atoms with Gasteiger partial charge in [0.05, 0.1) is 0 Å². The molecule has 0 bridgehead atoms. The zero-order valence-corrected chi connectivity index (χ0v) is 10.5. The lowest BCUT2D eigenvalue weighted by Gasteiger charge is -2.24. The lowest BCUT2D eigenvalue weighted by atomic mass is 9.80. The van der Waals surface area contributed by atoms with Crippen LogP contribution in [0.2, 0.25) is 5.02 Å². The van der Waals surface area contributed by atoms with Gasteiger partial charge in [0, 0.05) is 5.02 Å². The Labute approximate surface area is 107 Å². The van der Waals surface area contributed by atoms with Crippen LogP contribution < -0.4 is 0 Å². The molecule has 2 aromatic rings. The summed E-state index contributed by atoms with van der Waals surface area (Å²) in [5.74, 6) is 0.655. The van der Waals surface area contributed by atoms with Crippen LogP contribution in [0.4, 0.5) is 0 Å². The Morgan fingerprint density at radius 1 is 0.882 bits per heavy atom. The summed E-state index contributed by atoms with van der Waals surface area (Å²) in [6.45, 7) is 0. The zero-order valence-electron chi connectivity index (χ0n) is 9.70. The zero-order chi connectivity index (χ0) is 11.7. The standard InChI is InChI=1S/C16H15Cl/c17-16-9-7-13(8-10-16)15-6-5-12-3-1-2-4-14(12)11-15/h1-4,7-10,15H,5-6,11H2/t15-/m0/s1. The van der Waals surface area contributed by atoms with Crippen LogP contribution in [0.5, 0.6) is 0 Å². The molecule has 1 aliphatic carbocycles. The summed E-state index contributed by atoms with van der Waals surface area (Å²) >= 11 is 5.93. The molecule has 0 amide bonds. The van der Waals surface area contributed by atoms with E-state index < -0.39 is 0 Å². The summed E-state index contributed by atoms with van der Waals surface area (Å²) in [6.07, 6.45) is 3.61. The number of benzene rings is 2. The topological polar surface area (TPSA) is 0 Å². The van der Waals surface area contributed by atoms with Crippen LogP contribution in [0.25, 0.3) is 0 Å². The fourth-order valence-corrected chi connectivity index (χ4v) is 2.84. The minimum absolute atomic E-state index is 0.655. The number of aryl methyl sites for hydroxylation is 1. The van der Waals surface area contributed by atoms with Gasteiger partial charge >= 0.3 is 0 Å². The van der Waals surface area contributed by atoms with Crippen molar-refractivity contribution in [3.8, 4) is 0 Å². The van der Waals surface area contributed by atoms with Gasteiger partial charge < -0.3 is 0 Å². The monoisotopic (exact) mass is 242 g/mol. The van der Waals surface area contributed by atoms with Gasteiger partial charge in [-0.25, -0.2) is 0 Å². The molecule has 0 saturated heterocycles. The average molecular weight is 243 g/mol. The highest BCUT2D eigenvalue weighted by atomic mass is 35.5. The second-order valence-corrected chi connectivity index (χ2v) is 5.20. The predicted octanol–water partition coefficient (Wildman–Crippen LogP) is 4.61. The molecule has 3 rings (SSSR count). The molecule has 17 heavy (non-hydrogen) atoms. The van der Waals surface area contributed by atoms with Crippen molar-refractivity contribution >= 4 is 11.6 Å². The largest absolute Gasteiger partial charge is 0.0843 e. The summed E-state index contributed by atoms with van der Waals surface area (Å²) < 4.78 is 0. The highest BCUT2D eigenvalue weighted by Crippen LogP contribution is 2.32. The molecule has 1 heteroatoms. The summed E-state index contributed by atoms with van der Waals surface area (Å²) in [5.41, 5.74) is 4.46. The Bertz CT molecular complexity index is 513. The highest BCUT2D eigenvalue weighted by molar-refractivity contribution is 6.30. The molecule has 0 N–H and O–H groups in total. The molecule has 86 valence electrons. The first kappa shape index (κ1) is 10.9. The smallest absolute Gasteiger partial charge is 0.0406 e. The fraction of sp³-hybridized carbons (Fsp3) is 0.250. The van der Waals surface area contributed by atoms with Gasteiger partial charge in [0.25, 0.3) is 0 Å². The first-order valence-corrected chi connectivity index (χ1v) is 6.53. The summed E-state index contributed by atoms with van der Waals surface area (Å²) in [7, 11) is 0. The van der Waals surface area contributed by atoms with Crippen LogP contribution in [0.15, 0.2) is 48.5 Å². The first-order chi connectivity index (χ1) is 8.33. The number of hydrogen-bond donors (Lipinski definition) is 0. The minimum atomic E-state index is 0.655. The molecule has 0 radical (unpaired) electrons. The van der Waals surface area contributed by atoms with Crippen molar-refractivity contribution in [3.05, 3.63) is 70.2 Å². The molecule has 0 nitrogen and oxygen atoms in total. The summed E-state index contributed by atoms with van der Waals surface area (Å²) in [5, 5.41) is 0.824. The number of rotatable bonds is 1. The van der Waals surface area contributed by atoms with Crippen LogP contribution in [0, 0.1) is 0 Å². The minimum Gasteiger partial charge on any atom is -0.0843 e. The first-order valence-electron chi connectivity index (χ1n) is 6.15. The van der Waals surface area contributed by atoms with Crippen molar-refractivity contribution in [2.24, 2.45) is 0 Å². The Hall–Kier alpha value is -1.27. The van der Waals surface area contributed by atoms with E-state index in [2.05, 4.69) is 36.4 Å². The molecular formula is C16H15Cl. The maximum atomic E-state index is 5.93. The third kappa shape index (κ3) is 2.23. The molecule has 1 atom stereocenters. The third-order valence-corrected chi connectivity index (χ3v) is 3.94. The molecule has 0 spiro atoms. The van der Waals surface area contributed by atoms with E-state index in [1.54, 1.807) is 0 Å². The van der Waals surface area contributed by atoms with Crippen LogP contribution in [-0.2, 0) is 12.8 Å². The molecule has 0 aromatic heterocycles. The lowest BCUT2D eigenvalue weighted by molar-refractivity contribution is 0.585. The molecular weight excluding hydrogens is 228 g/mol. The maximum Gasteiger partial charge on any atom is 0.0406 e. The Kier molecular flexibility index (Phi) is 2.90. The van der Waals surface area contributed by atoms with Crippen LogP contribution in [0.3, 0.4) is 0 Å². The van der Waals surface area contributed by atoms with Gasteiger partial charge in [-0.2, -0.15) is 0 Å². The highest BCUT2D eigenvalue weighted by Gasteiger charge is 2.19. The molecule has 0 fully saturated rings. The van der Waals surface area contributed by atoms with Crippen molar-refractivity contribution in [1.82, 2.24) is 0 Å². The SMILES string of the molecule is Clc1ccc([C@H]2CCc3ccccc3C2)cc1. The number of halogens is 1. The van der Waals surface area contributed by atoms with Crippen LogP contribution in [0.1, 0.15) is 29.0 Å². The Morgan fingerprint density at radius 2 is 1.59 bits per heavy atom. The molecule has 2 aromatic carbocycles. The fourth-order valence-electron chi connectivity index (χ4n) is 2.72. The van der Waals surface area contributed by atoms with Crippen molar-refractivity contribution in [2.45, 2.75) is 25.2 Å². The average Bonchev–Trinajstić information content (AvgIpc) is 2.39. The number of hydrogen-bond acceptors (Lipinski definition) is 0. The van der Waals surface area contributed by atoms with Gasteiger partial charge in [-0.3, -0.25) is 0 Å². The van der Waals surface area contributed by atoms with Crippen molar-refractivity contribution < 1.29 is 0 Å². The van der Waals surface area contributed by atoms with E-state index >= 15 is 0 Å². The normalized spacial score (nSPS) is 18.8. The molecule has 0 unspecified atom stereocenters. The number of fused-ring (bicyclic) bond motifs is 1. The van der Waals surface area contributed by atoms with Gasteiger partial charge in [0.1, 0.15) is 0 Å². The van der Waals surface area contributed by atoms with Gasteiger partial charge in [-0.1, -0.05) is 48.0 Å². The van der Waals surface area contributed by atoms with E-state index in [4.69, 9.17) is 11.6 Å². The second-order valence-electron chi connectivity index (χ2n) is 4.76. The molecule has 0 saturated carbocycles. The third-order valence-electron chi connectivity index (χ3n) is 3.69. The summed E-state index contributed by atoms with van der Waals surface area (Å²) in [6, 6.07) is 17.1. The maximum absolute atomic E-state index is 5.93. The molecule has 0 aliphatic heterocycles. The van der Waals surface area contributed by atoms with E-state index in [1.165, 1.54) is 29.5 Å². The van der Waals surface area contributed by atoms with Gasteiger partial charge in [-0.15, -0.1) is 0 Å². The van der Waals surface area contributed by atoms with Gasteiger partial charge in [0.2, 0.25) is 0 Å². The van der Waals surface area contributed by atoms with Crippen molar-refractivity contribution in [3.63, 3.8) is 0 Å². The van der Waals surface area contributed by atoms with E-state index in [-0.39, 0.29) is 0 Å². The van der Waals surface area contributed by atoms with Crippen LogP contribution in [-0.4, -0.2) is 0 Å². The van der Waals surface area contributed by atoms with Gasteiger partial charge in [0.15, 0.2) is 0 Å². The van der Waals surface area contributed by atoms with Crippen molar-refractivity contribution in [2.75, 3.05) is 0 Å². The van der Waals surface area contributed by atoms with Crippen LogP contribution >= 0.6 is 11.6 Å². The Balaban J connectivity index is 1.86. The predicted molar refractivity (Wildman–Crippen MR) is 72.7 cm³/mol. The molecule has 0 heterocycles. The second kappa shape index (κ2) is 4.54. The van der Waals surface area contributed by atoms with Gasteiger partial charge in [-0.05, 0) is 54.0 Å². The lowest BCUT2D eigenvalue weighted by Crippen LogP contribution is -2.12. The molecule has 1 aliphatic rings. The van der Waals surface area contributed by atoms with E-state index in [1.807, 2.05) is 12.1 Å². The van der Waals surface area contributed by atoms with Crippen molar-refractivity contribution in [1.29, 1.82) is 0 Å². The quantitative estimate of drug-likeness (QED) is 0.685. The summed E-state index contributed by atoms with van der Waals surface area (Å²) in [4.78, 5) is 0. The van der Waals surface area contributed by atoms with E-state index in [0.717, 1.165) is 11.4 Å². The van der Waals surface area contributed by atoms with E-state index in [0.29, 0.717) is 5.92 Å². The van der Waals surface area contributed by atoms with E-state index in [9.17, 15) is 0 Å². The Morgan fingerprint density at radius 3 is 2.35 bits per heavy atom.